The second kappa shape index (κ2) is 11.1. The van der Waals surface area contributed by atoms with E-state index in [1.807, 2.05) is 84.1 Å². The van der Waals surface area contributed by atoms with Crippen LogP contribution in [-0.4, -0.2) is 14.5 Å². The summed E-state index contributed by atoms with van der Waals surface area (Å²) in [6.45, 7) is 0. The van der Waals surface area contributed by atoms with E-state index < -0.39 is 0 Å². The molecule has 1 aromatic heterocycles. The molecular formula is C29H22O2STi. The topological polar surface area (TPSA) is 40.5 Å². The van der Waals surface area contributed by atoms with Crippen LogP contribution in [0.3, 0.4) is 0 Å². The second-order valence-electron chi connectivity index (χ2n) is 7.33. The van der Waals surface area contributed by atoms with E-state index in [9.17, 15) is 10.2 Å². The molecule has 2 N–H and O–H groups in total. The fourth-order valence-electron chi connectivity index (χ4n) is 3.53. The summed E-state index contributed by atoms with van der Waals surface area (Å²) in [5.41, 5.74) is 1.35. The van der Waals surface area contributed by atoms with Crippen molar-refractivity contribution in [3.05, 3.63) is 120 Å². The predicted octanol–water partition coefficient (Wildman–Crippen LogP) is 7.69. The molecule has 2 nitrogen and oxygen atoms in total. The molecule has 0 fully saturated rings. The molecule has 0 saturated heterocycles. The number of phenolic OH excluding ortho intramolecular Hbond substituents is 2. The van der Waals surface area contributed by atoms with Crippen LogP contribution < -0.4 is 0 Å². The zero-order valence-electron chi connectivity index (χ0n) is 17.8. The van der Waals surface area contributed by atoms with E-state index in [-0.39, 0.29) is 0 Å². The van der Waals surface area contributed by atoms with E-state index in [2.05, 4.69) is 53.9 Å². The molecule has 0 aliphatic carbocycles. The molecular weight excluding hydrogens is 460 g/mol. The molecule has 0 aliphatic rings. The van der Waals surface area contributed by atoms with Gasteiger partial charge in [0, 0.05) is 10.8 Å². The first-order valence-corrected chi connectivity index (χ1v) is 12.3. The van der Waals surface area contributed by atoms with Crippen molar-refractivity contribution in [2.75, 3.05) is 0 Å². The Labute approximate surface area is 208 Å². The molecule has 6 rings (SSSR count). The molecule has 0 saturated carbocycles. The van der Waals surface area contributed by atoms with Crippen LogP contribution in [0.4, 0.5) is 0 Å². The third-order valence-corrected chi connectivity index (χ3v) is 6.67. The maximum atomic E-state index is 9.37. The van der Waals surface area contributed by atoms with Crippen LogP contribution in [0.15, 0.2) is 115 Å². The quantitative estimate of drug-likeness (QED) is 0.236. The molecule has 0 atom stereocenters. The van der Waals surface area contributed by atoms with Gasteiger partial charge in [-0.05, 0) is 22.9 Å². The summed E-state index contributed by atoms with van der Waals surface area (Å²) in [6, 6.07) is 35.1. The van der Waals surface area contributed by atoms with Crippen LogP contribution in [0.1, 0.15) is 5.56 Å². The van der Waals surface area contributed by atoms with Crippen molar-refractivity contribution in [1.82, 2.24) is 0 Å². The van der Waals surface area contributed by atoms with Crippen LogP contribution in [0.5, 0.6) is 11.5 Å². The third kappa shape index (κ3) is 5.58. The van der Waals surface area contributed by atoms with Gasteiger partial charge in [0.15, 0.2) is 0 Å². The Hall–Kier alpha value is -3.24. The van der Waals surface area contributed by atoms with Gasteiger partial charge in [0.25, 0.3) is 0 Å². The summed E-state index contributed by atoms with van der Waals surface area (Å²) in [7, 11) is 0. The van der Waals surface area contributed by atoms with E-state index in [1.54, 1.807) is 12.1 Å². The van der Waals surface area contributed by atoms with Crippen molar-refractivity contribution >= 4 is 47.3 Å². The number of fused-ring (bicyclic) bond motifs is 3. The predicted molar refractivity (Wildman–Crippen MR) is 138 cm³/mol. The fraction of sp³-hybridized carbons (Fsp3) is 0. The Morgan fingerprint density at radius 3 is 1.52 bits per heavy atom. The Bertz CT molecular complexity index is 1430. The summed E-state index contributed by atoms with van der Waals surface area (Å²) < 4.78 is 3.53. The van der Waals surface area contributed by atoms with Gasteiger partial charge in [0.2, 0.25) is 0 Å². The van der Waals surface area contributed by atoms with E-state index >= 15 is 0 Å². The van der Waals surface area contributed by atoms with Crippen LogP contribution in [0, 0.1) is 0 Å². The third-order valence-electron chi connectivity index (χ3n) is 5.20. The van der Waals surface area contributed by atoms with Crippen LogP contribution in [-0.2, 0) is 20.0 Å². The summed E-state index contributed by atoms with van der Waals surface area (Å²) in [6.07, 6.45) is 0. The summed E-state index contributed by atoms with van der Waals surface area (Å²) in [5.74, 6) is 0.700. The Morgan fingerprint density at radius 1 is 0.545 bits per heavy atom. The first-order valence-electron chi connectivity index (χ1n) is 10.5. The molecule has 6 aromatic rings. The molecule has 0 spiro atoms. The first kappa shape index (κ1) is 22.9. The molecule has 0 amide bonds. The van der Waals surface area contributed by atoms with Gasteiger partial charge in [-0.25, -0.2) is 0 Å². The zero-order chi connectivity index (χ0) is 23.0. The van der Waals surface area contributed by atoms with Crippen molar-refractivity contribution in [2.24, 2.45) is 0 Å². The molecule has 1 heterocycles. The number of hydrogen-bond acceptors (Lipinski definition) is 3. The summed E-state index contributed by atoms with van der Waals surface area (Å²) in [5, 5.41) is 26.3. The number of aromatic hydroxyl groups is 2. The van der Waals surface area contributed by atoms with Gasteiger partial charge in [-0.1, -0.05) is 72.8 Å². The van der Waals surface area contributed by atoms with Crippen molar-refractivity contribution in [1.29, 1.82) is 0 Å². The van der Waals surface area contributed by atoms with Crippen LogP contribution in [0.2, 0.25) is 0 Å². The second-order valence-corrected chi connectivity index (χ2v) is 8.69. The number of phenols is 2. The molecule has 5 aromatic carbocycles. The first-order chi connectivity index (χ1) is 16.2. The Kier molecular flexibility index (Phi) is 7.69. The normalized spacial score (nSPS) is 10.2. The van der Waals surface area contributed by atoms with Gasteiger partial charge in [-0.15, -0.1) is 0 Å². The van der Waals surface area contributed by atoms with Gasteiger partial charge in [0.05, 0.1) is 0 Å². The minimum atomic E-state index is 0.350. The summed E-state index contributed by atoms with van der Waals surface area (Å²) in [4.78, 5) is 0. The minimum absolute atomic E-state index is 0.350. The van der Waals surface area contributed by atoms with E-state index in [0.717, 1.165) is 21.5 Å². The zero-order valence-corrected chi connectivity index (χ0v) is 20.2. The van der Waals surface area contributed by atoms with E-state index in [0.29, 0.717) is 11.5 Å². The van der Waals surface area contributed by atoms with Gasteiger partial charge >= 0.3 is 80.9 Å². The fourth-order valence-corrected chi connectivity index (χ4v) is 5.01. The van der Waals surface area contributed by atoms with Crippen molar-refractivity contribution in [3.8, 4) is 11.5 Å². The van der Waals surface area contributed by atoms with Gasteiger partial charge in [0.1, 0.15) is 11.5 Å². The van der Waals surface area contributed by atoms with Crippen molar-refractivity contribution in [2.45, 2.75) is 0 Å². The van der Waals surface area contributed by atoms with Gasteiger partial charge in [-0.2, -0.15) is 0 Å². The number of thiophene rings is 1. The molecule has 4 heteroatoms. The Morgan fingerprint density at radius 2 is 1.00 bits per heavy atom. The molecule has 0 radical (unpaired) electrons. The number of benzene rings is 5. The van der Waals surface area contributed by atoms with E-state index in [4.69, 9.17) is 0 Å². The molecule has 0 bridgehead atoms. The summed E-state index contributed by atoms with van der Waals surface area (Å²) >= 11 is 3.89. The van der Waals surface area contributed by atoms with Crippen molar-refractivity contribution in [3.63, 3.8) is 0 Å². The average Bonchev–Trinajstić information content (AvgIpc) is 3.29. The Balaban J connectivity index is 0.000000118. The maximum absolute atomic E-state index is 9.37. The average molecular weight is 482 g/mol. The SMILES string of the molecule is Oc1cccc2ccccc12.Oc1cccc2ccccc12.[Ti]=[CH]c1csc2ccccc12. The van der Waals surface area contributed by atoms with Crippen molar-refractivity contribution < 1.29 is 30.2 Å². The van der Waals surface area contributed by atoms with Crippen LogP contribution >= 0.6 is 11.3 Å². The van der Waals surface area contributed by atoms with Gasteiger partial charge < -0.3 is 10.2 Å². The molecule has 0 unspecified atom stereocenters. The van der Waals surface area contributed by atoms with Crippen LogP contribution in [0.25, 0.3) is 31.6 Å². The monoisotopic (exact) mass is 482 g/mol. The molecule has 160 valence electrons. The molecule has 0 aliphatic heterocycles. The van der Waals surface area contributed by atoms with E-state index in [1.165, 1.54) is 15.6 Å². The number of rotatable bonds is 1. The molecule has 33 heavy (non-hydrogen) atoms. The standard InChI is InChI=1S/2C10H8O.C9H6S.Ti/c2*11-10-7-3-5-8-4-1-2-6-9(8)10;1-7-6-10-9-5-3-2-4-8(7)9;/h2*1-7,11H;1-6H;. The number of hydrogen-bond donors (Lipinski definition) is 2. The van der Waals surface area contributed by atoms with Gasteiger partial charge in [-0.3, -0.25) is 0 Å².